The van der Waals surface area contributed by atoms with Crippen molar-refractivity contribution in [1.29, 1.82) is 0 Å². The van der Waals surface area contributed by atoms with Crippen LogP contribution in [0.5, 0.6) is 5.75 Å². The quantitative estimate of drug-likeness (QED) is 0.327. The van der Waals surface area contributed by atoms with E-state index >= 15 is 0 Å². The van der Waals surface area contributed by atoms with Crippen LogP contribution in [0, 0.1) is 11.8 Å². The van der Waals surface area contributed by atoms with E-state index in [0.717, 1.165) is 0 Å². The number of phenolic OH excluding ortho intramolecular Hbond substituents is 1. The predicted molar refractivity (Wildman–Crippen MR) is 110 cm³/mol. The van der Waals surface area contributed by atoms with Gasteiger partial charge in [-0.25, -0.2) is 0 Å². The Morgan fingerprint density at radius 2 is 1.78 bits per heavy atom. The van der Waals surface area contributed by atoms with E-state index in [9.17, 15) is 39.9 Å². The number of carbonyl (C=O) groups is 3. The molecule has 0 radical (unpaired) electrons. The van der Waals surface area contributed by atoms with Crippen molar-refractivity contribution in [2.45, 2.75) is 30.6 Å². The first-order valence-electron chi connectivity index (χ1n) is 10.0. The third-order valence-electron chi connectivity index (χ3n) is 6.99. The van der Waals surface area contributed by atoms with Gasteiger partial charge in [-0.05, 0) is 31.6 Å². The molecule has 0 heterocycles. The Balaban J connectivity index is 2.07. The average molecular weight is 444 g/mol. The minimum atomic E-state index is -2.89. The van der Waals surface area contributed by atoms with E-state index in [1.807, 2.05) is 0 Å². The Morgan fingerprint density at radius 3 is 2.34 bits per heavy atom. The van der Waals surface area contributed by atoms with E-state index in [0.29, 0.717) is 5.56 Å². The summed E-state index contributed by atoms with van der Waals surface area (Å²) in [6.45, 7) is 1.68. The maximum atomic E-state index is 13.7. The molecule has 0 aliphatic heterocycles. The number of phenols is 1. The maximum absolute atomic E-state index is 13.7. The average Bonchev–Trinajstić information content (AvgIpc) is 2.70. The fourth-order valence-corrected chi connectivity index (χ4v) is 5.58. The molecule has 0 aromatic heterocycles. The number of aliphatic hydroxyl groups excluding tert-OH is 3. The van der Waals surface area contributed by atoms with Crippen LogP contribution in [0.4, 0.5) is 0 Å². The summed E-state index contributed by atoms with van der Waals surface area (Å²) in [6, 6.07) is 3.13. The molecule has 1 amide bonds. The Bertz CT molecular complexity index is 1140. The van der Waals surface area contributed by atoms with Gasteiger partial charge in [0.05, 0.1) is 23.6 Å². The molecule has 6 atom stereocenters. The number of aliphatic hydroxyl groups is 4. The highest BCUT2D eigenvalue weighted by molar-refractivity contribution is 6.24. The van der Waals surface area contributed by atoms with Gasteiger partial charge in [0.25, 0.3) is 5.91 Å². The molecule has 3 aliphatic carbocycles. The first-order chi connectivity index (χ1) is 14.9. The van der Waals surface area contributed by atoms with Crippen molar-refractivity contribution in [3.63, 3.8) is 0 Å². The molecule has 32 heavy (non-hydrogen) atoms. The minimum absolute atomic E-state index is 0.0245. The number of hydrogen-bond acceptors (Lipinski definition) is 9. The first kappa shape index (κ1) is 22.0. The summed E-state index contributed by atoms with van der Waals surface area (Å²) in [5.41, 5.74) is 1.47. The van der Waals surface area contributed by atoms with E-state index in [2.05, 4.69) is 0 Å². The lowest BCUT2D eigenvalue weighted by atomic mass is 9.54. The van der Waals surface area contributed by atoms with Crippen molar-refractivity contribution in [2.24, 2.45) is 17.6 Å². The molecule has 1 saturated carbocycles. The van der Waals surface area contributed by atoms with Gasteiger partial charge in [0.1, 0.15) is 22.8 Å². The van der Waals surface area contributed by atoms with Crippen LogP contribution < -0.4 is 5.73 Å². The monoisotopic (exact) mass is 444 g/mol. The van der Waals surface area contributed by atoms with Gasteiger partial charge in [-0.3, -0.25) is 19.3 Å². The molecule has 3 aliphatic rings. The minimum Gasteiger partial charge on any atom is -0.508 e. The Labute approximate surface area is 182 Å². The molecular weight excluding hydrogens is 420 g/mol. The number of carbonyl (C=O) groups excluding carboxylic acids is 3. The highest BCUT2D eigenvalue weighted by Crippen LogP contribution is 2.55. The zero-order chi connectivity index (χ0) is 23.9. The summed E-state index contributed by atoms with van der Waals surface area (Å²) in [5.74, 6) is -8.87. The normalized spacial score (nSPS) is 34.4. The van der Waals surface area contributed by atoms with E-state index in [1.165, 1.54) is 25.1 Å². The molecule has 3 unspecified atom stereocenters. The lowest BCUT2D eigenvalue weighted by molar-refractivity contribution is -0.169. The van der Waals surface area contributed by atoms with Crippen LogP contribution in [-0.4, -0.2) is 79.7 Å². The van der Waals surface area contributed by atoms with Crippen molar-refractivity contribution in [2.75, 3.05) is 14.1 Å². The SMILES string of the molecule is CC1c2cccc(O)c2C(O)=C2C(=O)[C@]3(O)C(O)=C(C(N)=O)C(=O)C(N(C)C)[C@@H]3C(O)[C@@H]21. The van der Waals surface area contributed by atoms with Crippen molar-refractivity contribution >= 4 is 23.2 Å². The number of ketones is 2. The van der Waals surface area contributed by atoms with Gasteiger partial charge in [-0.15, -0.1) is 0 Å². The number of benzene rings is 1. The van der Waals surface area contributed by atoms with Gasteiger partial charge in [-0.2, -0.15) is 0 Å². The van der Waals surface area contributed by atoms with Gasteiger partial charge in [0, 0.05) is 11.5 Å². The molecule has 1 aromatic rings. The topological polar surface area (TPSA) is 182 Å². The molecule has 7 N–H and O–H groups in total. The van der Waals surface area contributed by atoms with E-state index in [4.69, 9.17) is 5.73 Å². The number of fused-ring (bicyclic) bond motifs is 3. The lowest BCUT2D eigenvalue weighted by Crippen LogP contribution is -2.70. The zero-order valence-corrected chi connectivity index (χ0v) is 17.6. The summed E-state index contributed by atoms with van der Waals surface area (Å²) >= 11 is 0. The number of nitrogens with two attached hydrogens (primary N) is 1. The third-order valence-corrected chi connectivity index (χ3v) is 6.99. The zero-order valence-electron chi connectivity index (χ0n) is 17.6. The number of Topliss-reactive ketones (excluding diaryl/α,β-unsaturated/α-hetero) is 2. The van der Waals surface area contributed by atoms with Crippen molar-refractivity contribution < 1.29 is 39.9 Å². The molecule has 4 rings (SSSR count). The van der Waals surface area contributed by atoms with Gasteiger partial charge in [0.15, 0.2) is 11.4 Å². The fraction of sp³-hybridized carbons (Fsp3) is 0.409. The summed E-state index contributed by atoms with van der Waals surface area (Å²) < 4.78 is 0. The van der Waals surface area contributed by atoms with Crippen LogP contribution in [-0.2, 0) is 14.4 Å². The fourth-order valence-electron chi connectivity index (χ4n) is 5.58. The molecule has 1 fully saturated rings. The second-order valence-electron chi connectivity index (χ2n) is 8.79. The number of likely N-dealkylation sites (N-methyl/N-ethyl adjacent to an activating group) is 1. The third kappa shape index (κ3) is 2.48. The standard InChI is InChI=1S/C22H24N2O8/c1-7-8-5-4-6-9(25)11(8)16(26)12-10(7)17(27)14-15(24(2)3)18(28)13(21(23)31)20(30)22(14,32)19(12)29/h4-7,10,14-15,17,25-27,30,32H,1-3H3,(H2,23,31)/t7?,10-,14-,15?,17?,22+/m1/s1. The van der Waals surface area contributed by atoms with Crippen LogP contribution >= 0.6 is 0 Å². The van der Waals surface area contributed by atoms with Crippen LogP contribution in [0.1, 0.15) is 24.0 Å². The smallest absolute Gasteiger partial charge is 0.255 e. The van der Waals surface area contributed by atoms with Gasteiger partial charge in [-0.1, -0.05) is 19.1 Å². The highest BCUT2D eigenvalue weighted by atomic mass is 16.4. The number of amides is 1. The molecule has 10 nitrogen and oxygen atoms in total. The van der Waals surface area contributed by atoms with E-state index < -0.39 is 75.6 Å². The highest BCUT2D eigenvalue weighted by Gasteiger charge is 2.68. The molecule has 0 bridgehead atoms. The first-order valence-corrected chi connectivity index (χ1v) is 10.0. The summed E-state index contributed by atoms with van der Waals surface area (Å²) in [4.78, 5) is 40.0. The van der Waals surface area contributed by atoms with Crippen LogP contribution in [0.2, 0.25) is 0 Å². The van der Waals surface area contributed by atoms with Crippen LogP contribution in [0.3, 0.4) is 0 Å². The second-order valence-corrected chi connectivity index (χ2v) is 8.79. The molecule has 0 saturated heterocycles. The summed E-state index contributed by atoms with van der Waals surface area (Å²) in [7, 11) is 2.92. The van der Waals surface area contributed by atoms with Crippen molar-refractivity contribution in [3.05, 3.63) is 46.2 Å². The summed E-state index contributed by atoms with van der Waals surface area (Å²) in [5, 5.41) is 54.9. The van der Waals surface area contributed by atoms with Gasteiger partial charge >= 0.3 is 0 Å². The maximum Gasteiger partial charge on any atom is 0.255 e. The number of nitrogens with zero attached hydrogens (tertiary/aromatic N) is 1. The predicted octanol–water partition coefficient (Wildman–Crippen LogP) is -0.504. The van der Waals surface area contributed by atoms with Crippen LogP contribution in [0.25, 0.3) is 5.76 Å². The number of aromatic hydroxyl groups is 1. The molecule has 1 aromatic carbocycles. The number of primary amides is 1. The largest absolute Gasteiger partial charge is 0.508 e. The molecular formula is C22H24N2O8. The van der Waals surface area contributed by atoms with Crippen molar-refractivity contribution in [3.8, 4) is 5.75 Å². The van der Waals surface area contributed by atoms with Gasteiger partial charge in [0.2, 0.25) is 5.78 Å². The molecule has 0 spiro atoms. The van der Waals surface area contributed by atoms with Crippen LogP contribution in [0.15, 0.2) is 35.1 Å². The number of rotatable bonds is 2. The Morgan fingerprint density at radius 1 is 1.16 bits per heavy atom. The molecule has 170 valence electrons. The van der Waals surface area contributed by atoms with Crippen molar-refractivity contribution in [1.82, 2.24) is 4.90 Å². The van der Waals surface area contributed by atoms with E-state index in [1.54, 1.807) is 19.1 Å². The second kappa shape index (κ2) is 6.89. The van der Waals surface area contributed by atoms with E-state index in [-0.39, 0.29) is 11.3 Å². The Hall–Kier alpha value is -3.21. The number of hydrogen-bond donors (Lipinski definition) is 6. The summed E-state index contributed by atoms with van der Waals surface area (Å²) in [6.07, 6.45) is -1.59. The lowest BCUT2D eigenvalue weighted by Gasteiger charge is -2.53. The Kier molecular flexibility index (Phi) is 4.74. The van der Waals surface area contributed by atoms with Gasteiger partial charge < -0.3 is 31.3 Å². The molecule has 10 heteroatoms.